The minimum Gasteiger partial charge on any atom is -0.339 e. The van der Waals surface area contributed by atoms with E-state index in [1.54, 1.807) is 6.20 Å². The summed E-state index contributed by atoms with van der Waals surface area (Å²) < 4.78 is 7.38. The molecular formula is C18H21N5O. The van der Waals surface area contributed by atoms with Crippen LogP contribution in [0, 0.1) is 6.92 Å². The summed E-state index contributed by atoms with van der Waals surface area (Å²) in [6, 6.07) is 8.66. The van der Waals surface area contributed by atoms with Crippen molar-refractivity contribution >= 4 is 0 Å². The number of nitrogens with zero attached hydrogens (tertiary/aromatic N) is 5. The third kappa shape index (κ3) is 3.23. The Morgan fingerprint density at radius 1 is 1.25 bits per heavy atom. The fourth-order valence-electron chi connectivity index (χ4n) is 3.32. The average Bonchev–Trinajstić information content (AvgIpc) is 3.28. The summed E-state index contributed by atoms with van der Waals surface area (Å²) in [6.07, 6.45) is 7.85. The molecule has 2 aromatic heterocycles. The van der Waals surface area contributed by atoms with Crippen LogP contribution in [-0.4, -0.2) is 37.7 Å². The second-order valence-corrected chi connectivity index (χ2v) is 6.39. The molecule has 3 heterocycles. The van der Waals surface area contributed by atoms with Gasteiger partial charge in [0.05, 0.1) is 12.2 Å². The zero-order valence-corrected chi connectivity index (χ0v) is 13.8. The van der Waals surface area contributed by atoms with Gasteiger partial charge in [0, 0.05) is 31.2 Å². The van der Waals surface area contributed by atoms with Crippen molar-refractivity contribution in [2.45, 2.75) is 32.2 Å². The topological polar surface area (TPSA) is 60.0 Å². The van der Waals surface area contributed by atoms with Crippen molar-refractivity contribution in [1.29, 1.82) is 0 Å². The Kier molecular flexibility index (Phi) is 4.13. The highest BCUT2D eigenvalue weighted by Crippen LogP contribution is 2.26. The highest BCUT2D eigenvalue weighted by Gasteiger charge is 2.25. The van der Waals surface area contributed by atoms with Crippen LogP contribution in [0.4, 0.5) is 0 Å². The van der Waals surface area contributed by atoms with E-state index in [1.165, 1.54) is 12.0 Å². The Morgan fingerprint density at radius 2 is 2.12 bits per heavy atom. The molecule has 0 radical (unpaired) electrons. The van der Waals surface area contributed by atoms with Crippen LogP contribution in [0.2, 0.25) is 0 Å². The molecule has 0 saturated carbocycles. The lowest BCUT2D eigenvalue weighted by Gasteiger charge is -2.31. The molecule has 6 heteroatoms. The Bertz CT molecular complexity index is 778. The molecule has 0 unspecified atom stereocenters. The van der Waals surface area contributed by atoms with Crippen molar-refractivity contribution in [3.05, 3.63) is 60.3 Å². The Hall–Kier alpha value is -2.47. The molecule has 1 fully saturated rings. The summed E-state index contributed by atoms with van der Waals surface area (Å²) in [6.45, 7) is 4.92. The summed E-state index contributed by atoms with van der Waals surface area (Å²) in [4.78, 5) is 11.0. The largest absolute Gasteiger partial charge is 0.339 e. The van der Waals surface area contributed by atoms with E-state index < -0.39 is 0 Å². The van der Waals surface area contributed by atoms with Gasteiger partial charge in [-0.05, 0) is 44.0 Å². The van der Waals surface area contributed by atoms with Gasteiger partial charge >= 0.3 is 0 Å². The molecule has 24 heavy (non-hydrogen) atoms. The molecule has 1 atom stereocenters. The van der Waals surface area contributed by atoms with Gasteiger partial charge < -0.3 is 9.09 Å². The molecule has 0 bridgehead atoms. The highest BCUT2D eigenvalue weighted by atomic mass is 16.5. The third-order valence-electron chi connectivity index (χ3n) is 4.54. The molecule has 1 aliphatic heterocycles. The SMILES string of the molecule is Cc1noc([C@@H]2CCCN(Cc3ccc(-n4ccnc4)cc3)C2)n1. The van der Waals surface area contributed by atoms with Crippen molar-refractivity contribution < 1.29 is 4.52 Å². The van der Waals surface area contributed by atoms with Crippen LogP contribution in [0.15, 0.2) is 47.5 Å². The van der Waals surface area contributed by atoms with Crippen molar-refractivity contribution in [2.24, 2.45) is 0 Å². The number of aryl methyl sites for hydroxylation is 1. The number of piperidine rings is 1. The smallest absolute Gasteiger partial charge is 0.231 e. The number of likely N-dealkylation sites (tertiary alicyclic amines) is 1. The van der Waals surface area contributed by atoms with Crippen LogP contribution in [0.5, 0.6) is 0 Å². The maximum Gasteiger partial charge on any atom is 0.231 e. The van der Waals surface area contributed by atoms with Crippen LogP contribution in [0.1, 0.15) is 36.0 Å². The predicted molar refractivity (Wildman–Crippen MR) is 89.9 cm³/mol. The first-order chi connectivity index (χ1) is 11.8. The predicted octanol–water partition coefficient (Wildman–Crippen LogP) is 2.94. The second-order valence-electron chi connectivity index (χ2n) is 6.39. The standard InChI is InChI=1S/C18H21N5O/c1-14-20-18(24-21-14)16-3-2-9-22(12-16)11-15-4-6-17(7-5-15)23-10-8-19-13-23/h4-8,10,13,16H,2-3,9,11-12H2,1H3/t16-/m1/s1. The van der Waals surface area contributed by atoms with Crippen molar-refractivity contribution in [3.8, 4) is 5.69 Å². The molecule has 6 nitrogen and oxygen atoms in total. The summed E-state index contributed by atoms with van der Waals surface area (Å²) in [5.74, 6) is 1.86. The van der Waals surface area contributed by atoms with Crippen LogP contribution in [0.25, 0.3) is 5.69 Å². The first-order valence-electron chi connectivity index (χ1n) is 8.38. The minimum atomic E-state index is 0.352. The lowest BCUT2D eigenvalue weighted by molar-refractivity contribution is 0.180. The van der Waals surface area contributed by atoms with Crippen LogP contribution >= 0.6 is 0 Å². The molecule has 0 spiro atoms. The quantitative estimate of drug-likeness (QED) is 0.739. The molecule has 0 N–H and O–H groups in total. The summed E-state index contributed by atoms with van der Waals surface area (Å²) in [5.41, 5.74) is 2.45. The van der Waals surface area contributed by atoms with Crippen molar-refractivity contribution in [3.63, 3.8) is 0 Å². The zero-order chi connectivity index (χ0) is 16.4. The van der Waals surface area contributed by atoms with E-state index in [2.05, 4.69) is 44.3 Å². The first-order valence-corrected chi connectivity index (χ1v) is 8.38. The van der Waals surface area contributed by atoms with Crippen LogP contribution in [0.3, 0.4) is 0 Å². The van der Waals surface area contributed by atoms with Gasteiger partial charge in [-0.1, -0.05) is 17.3 Å². The number of rotatable bonds is 4. The van der Waals surface area contributed by atoms with Gasteiger partial charge in [-0.15, -0.1) is 0 Å². The van der Waals surface area contributed by atoms with E-state index in [9.17, 15) is 0 Å². The third-order valence-corrected chi connectivity index (χ3v) is 4.54. The zero-order valence-electron chi connectivity index (χ0n) is 13.8. The lowest BCUT2D eigenvalue weighted by Crippen LogP contribution is -2.34. The molecule has 3 aromatic rings. The maximum absolute atomic E-state index is 5.36. The fraction of sp³-hybridized carbons (Fsp3) is 0.389. The number of hydrogen-bond acceptors (Lipinski definition) is 5. The van der Waals surface area contributed by atoms with E-state index in [1.807, 2.05) is 24.0 Å². The molecule has 4 rings (SSSR count). The number of benzene rings is 1. The van der Waals surface area contributed by atoms with E-state index in [4.69, 9.17) is 4.52 Å². The molecule has 1 saturated heterocycles. The second kappa shape index (κ2) is 6.57. The highest BCUT2D eigenvalue weighted by molar-refractivity contribution is 5.34. The van der Waals surface area contributed by atoms with Gasteiger partial charge in [-0.3, -0.25) is 4.90 Å². The normalized spacial score (nSPS) is 18.8. The molecule has 1 aromatic carbocycles. The number of aromatic nitrogens is 4. The Morgan fingerprint density at radius 3 is 2.83 bits per heavy atom. The summed E-state index contributed by atoms with van der Waals surface area (Å²) in [7, 11) is 0. The van der Waals surface area contributed by atoms with Gasteiger partial charge in [0.25, 0.3) is 0 Å². The maximum atomic E-state index is 5.36. The van der Waals surface area contributed by atoms with Gasteiger partial charge in [-0.2, -0.15) is 4.98 Å². The van der Waals surface area contributed by atoms with Gasteiger partial charge in [0.1, 0.15) is 0 Å². The molecule has 0 amide bonds. The van der Waals surface area contributed by atoms with E-state index in [0.717, 1.165) is 43.5 Å². The Balaban J connectivity index is 1.41. The fourth-order valence-corrected chi connectivity index (χ4v) is 3.32. The van der Waals surface area contributed by atoms with E-state index in [-0.39, 0.29) is 0 Å². The van der Waals surface area contributed by atoms with E-state index >= 15 is 0 Å². The monoisotopic (exact) mass is 323 g/mol. The first kappa shape index (κ1) is 15.1. The van der Waals surface area contributed by atoms with Crippen LogP contribution in [-0.2, 0) is 6.54 Å². The average molecular weight is 323 g/mol. The molecule has 124 valence electrons. The molecule has 1 aliphatic rings. The lowest BCUT2D eigenvalue weighted by atomic mass is 9.97. The summed E-state index contributed by atoms with van der Waals surface area (Å²) in [5, 5.41) is 3.92. The number of hydrogen-bond donors (Lipinski definition) is 0. The number of imidazole rings is 1. The van der Waals surface area contributed by atoms with E-state index in [0.29, 0.717) is 5.92 Å². The minimum absolute atomic E-state index is 0.352. The van der Waals surface area contributed by atoms with Crippen LogP contribution < -0.4 is 0 Å². The van der Waals surface area contributed by atoms with Crippen molar-refractivity contribution in [2.75, 3.05) is 13.1 Å². The summed E-state index contributed by atoms with van der Waals surface area (Å²) >= 11 is 0. The van der Waals surface area contributed by atoms with Crippen molar-refractivity contribution in [1.82, 2.24) is 24.6 Å². The van der Waals surface area contributed by atoms with Gasteiger partial charge in [0.15, 0.2) is 5.82 Å². The molecule has 0 aliphatic carbocycles. The van der Waals surface area contributed by atoms with Gasteiger partial charge in [-0.25, -0.2) is 4.98 Å². The van der Waals surface area contributed by atoms with Gasteiger partial charge in [0.2, 0.25) is 5.89 Å². The molecular weight excluding hydrogens is 302 g/mol. The Labute approximate surface area is 141 Å².